The minimum absolute atomic E-state index is 0.243. The fourth-order valence-electron chi connectivity index (χ4n) is 2.36. The number of hydrogen-bond acceptors (Lipinski definition) is 3. The summed E-state index contributed by atoms with van der Waals surface area (Å²) in [5.41, 5.74) is 3.14. The van der Waals surface area contributed by atoms with Gasteiger partial charge in [0.1, 0.15) is 11.7 Å². The Balaban J connectivity index is 2.37. The Kier molecular flexibility index (Phi) is 6.26. The molecular formula is C21H20O3. The van der Waals surface area contributed by atoms with Gasteiger partial charge in [-0.3, -0.25) is 9.59 Å². The van der Waals surface area contributed by atoms with Gasteiger partial charge in [-0.2, -0.15) is 0 Å². The van der Waals surface area contributed by atoms with Crippen LogP contribution in [-0.2, 0) is 14.3 Å². The second kappa shape index (κ2) is 8.63. The van der Waals surface area contributed by atoms with Crippen molar-refractivity contribution in [2.75, 3.05) is 7.11 Å². The summed E-state index contributed by atoms with van der Waals surface area (Å²) in [7, 11) is 1.28. The molecule has 0 bridgehead atoms. The number of Topliss-reactive ketones (excluding diaryl/α,β-unsaturated/α-hetero) is 1. The van der Waals surface area contributed by atoms with Gasteiger partial charge >= 0.3 is 5.97 Å². The first-order valence-electron chi connectivity index (χ1n) is 7.71. The average molecular weight is 320 g/mol. The molecule has 0 radical (unpaired) electrons. The summed E-state index contributed by atoms with van der Waals surface area (Å²) in [6.07, 6.45) is 5.21. The Hall–Kier alpha value is -2.94. The first-order valence-corrected chi connectivity index (χ1v) is 7.71. The van der Waals surface area contributed by atoms with Crippen LogP contribution in [0.3, 0.4) is 0 Å². The van der Waals surface area contributed by atoms with Crippen molar-refractivity contribution < 1.29 is 14.3 Å². The van der Waals surface area contributed by atoms with Crippen molar-refractivity contribution in [3.8, 4) is 0 Å². The summed E-state index contributed by atoms with van der Waals surface area (Å²) >= 11 is 0. The minimum atomic E-state index is -0.876. The van der Waals surface area contributed by atoms with Gasteiger partial charge in [0.2, 0.25) is 0 Å². The lowest BCUT2D eigenvalue weighted by Crippen LogP contribution is -2.20. The van der Waals surface area contributed by atoms with Gasteiger partial charge < -0.3 is 4.74 Å². The third-order valence-electron chi connectivity index (χ3n) is 3.63. The van der Waals surface area contributed by atoms with Crippen LogP contribution in [0.2, 0.25) is 0 Å². The lowest BCUT2D eigenvalue weighted by molar-refractivity contribution is -0.146. The van der Waals surface area contributed by atoms with E-state index in [1.807, 2.05) is 66.7 Å². The summed E-state index contributed by atoms with van der Waals surface area (Å²) in [5.74, 6) is -1.67. The first kappa shape index (κ1) is 17.4. The van der Waals surface area contributed by atoms with Crippen molar-refractivity contribution in [2.24, 2.45) is 5.92 Å². The minimum Gasteiger partial charge on any atom is -0.468 e. The van der Waals surface area contributed by atoms with E-state index < -0.39 is 11.9 Å². The molecule has 0 aliphatic heterocycles. The molecule has 0 saturated carbocycles. The highest BCUT2D eigenvalue weighted by atomic mass is 16.5. The zero-order valence-corrected chi connectivity index (χ0v) is 13.8. The molecule has 3 heteroatoms. The van der Waals surface area contributed by atoms with Crippen LogP contribution in [0.1, 0.15) is 18.1 Å². The van der Waals surface area contributed by atoms with Gasteiger partial charge in [-0.05, 0) is 23.6 Å². The highest BCUT2D eigenvalue weighted by Gasteiger charge is 2.20. The lowest BCUT2D eigenvalue weighted by Gasteiger charge is -2.08. The molecule has 3 nitrogen and oxygen atoms in total. The molecule has 0 aliphatic carbocycles. The molecule has 1 unspecified atom stereocenters. The van der Waals surface area contributed by atoms with E-state index in [9.17, 15) is 9.59 Å². The van der Waals surface area contributed by atoms with Crippen LogP contribution < -0.4 is 0 Å². The van der Waals surface area contributed by atoms with Gasteiger partial charge in [-0.1, -0.05) is 78.9 Å². The smallest absolute Gasteiger partial charge is 0.320 e. The number of ketones is 1. The third-order valence-corrected chi connectivity index (χ3v) is 3.63. The number of rotatable bonds is 6. The van der Waals surface area contributed by atoms with Crippen molar-refractivity contribution in [1.29, 1.82) is 0 Å². The quantitative estimate of drug-likeness (QED) is 0.458. The van der Waals surface area contributed by atoms with Crippen LogP contribution in [0.5, 0.6) is 0 Å². The number of benzene rings is 2. The number of carbonyl (C=O) groups is 2. The lowest BCUT2D eigenvalue weighted by atomic mass is 9.97. The Bertz CT molecular complexity index is 702. The molecule has 0 saturated heterocycles. The summed E-state index contributed by atoms with van der Waals surface area (Å²) in [6.45, 7) is 1.38. The molecule has 0 spiro atoms. The number of ether oxygens (including phenoxy) is 1. The monoisotopic (exact) mass is 320 g/mol. The Morgan fingerprint density at radius 3 is 1.83 bits per heavy atom. The van der Waals surface area contributed by atoms with E-state index in [0.717, 1.165) is 16.7 Å². The highest BCUT2D eigenvalue weighted by molar-refractivity contribution is 5.99. The molecule has 1 atom stereocenters. The second-order valence-electron chi connectivity index (χ2n) is 5.31. The Labute approximate surface area is 142 Å². The van der Waals surface area contributed by atoms with Crippen LogP contribution in [0.25, 0.3) is 5.57 Å². The van der Waals surface area contributed by atoms with Crippen molar-refractivity contribution in [3.63, 3.8) is 0 Å². The molecule has 2 aromatic carbocycles. The zero-order chi connectivity index (χ0) is 17.4. The molecule has 0 N–H and O–H groups in total. The normalized spacial score (nSPS) is 11.8. The predicted molar refractivity (Wildman–Crippen MR) is 95.3 cm³/mol. The van der Waals surface area contributed by atoms with Crippen LogP contribution in [0, 0.1) is 5.92 Å². The topological polar surface area (TPSA) is 43.4 Å². The maximum absolute atomic E-state index is 11.7. The molecule has 0 aromatic heterocycles. The maximum Gasteiger partial charge on any atom is 0.320 e. The SMILES string of the molecule is COC(=O)C(C=CC=C(c1ccccc1)c1ccccc1)C(C)=O. The van der Waals surface area contributed by atoms with Gasteiger partial charge in [0.25, 0.3) is 0 Å². The molecule has 122 valence electrons. The van der Waals surface area contributed by atoms with Gasteiger partial charge in [0, 0.05) is 0 Å². The number of hydrogen-bond donors (Lipinski definition) is 0. The average Bonchev–Trinajstić information content (AvgIpc) is 2.62. The van der Waals surface area contributed by atoms with E-state index in [4.69, 9.17) is 0 Å². The summed E-state index contributed by atoms with van der Waals surface area (Å²) in [5, 5.41) is 0. The van der Waals surface area contributed by atoms with Crippen LogP contribution in [0.4, 0.5) is 0 Å². The van der Waals surface area contributed by atoms with E-state index >= 15 is 0 Å². The number of esters is 1. The van der Waals surface area contributed by atoms with E-state index in [0.29, 0.717) is 0 Å². The van der Waals surface area contributed by atoms with Crippen molar-refractivity contribution in [2.45, 2.75) is 6.92 Å². The fraction of sp³-hybridized carbons (Fsp3) is 0.143. The van der Waals surface area contributed by atoms with E-state index in [2.05, 4.69) is 4.74 Å². The Morgan fingerprint density at radius 1 is 0.917 bits per heavy atom. The van der Waals surface area contributed by atoms with Gasteiger partial charge in [-0.25, -0.2) is 0 Å². The molecular weight excluding hydrogens is 300 g/mol. The van der Waals surface area contributed by atoms with Crippen LogP contribution >= 0.6 is 0 Å². The molecule has 0 fully saturated rings. The largest absolute Gasteiger partial charge is 0.468 e. The number of allylic oxidation sites excluding steroid dienone is 2. The predicted octanol–water partition coefficient (Wildman–Crippen LogP) is 4.05. The molecule has 0 aliphatic rings. The maximum atomic E-state index is 11.7. The Morgan fingerprint density at radius 2 is 1.42 bits per heavy atom. The van der Waals surface area contributed by atoms with Crippen LogP contribution in [0.15, 0.2) is 78.9 Å². The number of carbonyl (C=O) groups excluding carboxylic acids is 2. The van der Waals surface area contributed by atoms with E-state index in [1.165, 1.54) is 14.0 Å². The van der Waals surface area contributed by atoms with Crippen molar-refractivity contribution in [1.82, 2.24) is 0 Å². The van der Waals surface area contributed by atoms with Crippen molar-refractivity contribution >= 4 is 17.3 Å². The standard InChI is InChI=1S/C21H20O3/c1-16(22)19(21(23)24-2)14-9-15-20(17-10-5-3-6-11-17)18-12-7-4-8-13-18/h3-15,19H,1-2H3. The zero-order valence-electron chi connectivity index (χ0n) is 13.8. The second-order valence-corrected chi connectivity index (χ2v) is 5.31. The van der Waals surface area contributed by atoms with E-state index in [1.54, 1.807) is 12.2 Å². The molecule has 24 heavy (non-hydrogen) atoms. The molecule has 2 rings (SSSR count). The van der Waals surface area contributed by atoms with E-state index in [-0.39, 0.29) is 5.78 Å². The van der Waals surface area contributed by atoms with Gasteiger partial charge in [0.15, 0.2) is 0 Å². The fourth-order valence-corrected chi connectivity index (χ4v) is 2.36. The molecule has 0 amide bonds. The number of methoxy groups -OCH3 is 1. The van der Waals surface area contributed by atoms with Gasteiger partial charge in [0.05, 0.1) is 7.11 Å². The molecule has 0 heterocycles. The van der Waals surface area contributed by atoms with Crippen LogP contribution in [-0.4, -0.2) is 18.9 Å². The summed E-state index contributed by atoms with van der Waals surface area (Å²) in [6, 6.07) is 19.9. The van der Waals surface area contributed by atoms with Gasteiger partial charge in [-0.15, -0.1) is 0 Å². The summed E-state index contributed by atoms with van der Waals surface area (Å²) in [4.78, 5) is 23.2. The first-order chi connectivity index (χ1) is 11.6. The third kappa shape index (κ3) is 4.53. The highest BCUT2D eigenvalue weighted by Crippen LogP contribution is 2.23. The molecule has 2 aromatic rings. The van der Waals surface area contributed by atoms with Crippen molar-refractivity contribution in [3.05, 3.63) is 90.0 Å². The summed E-state index contributed by atoms with van der Waals surface area (Å²) < 4.78 is 4.67.